The van der Waals surface area contributed by atoms with Crippen molar-refractivity contribution in [2.45, 2.75) is 62.5 Å². The fraction of sp³-hybridized carbons (Fsp3) is 0.375. The van der Waals surface area contributed by atoms with E-state index in [-0.39, 0.29) is 18.6 Å². The van der Waals surface area contributed by atoms with E-state index in [1.54, 1.807) is 30.0 Å². The van der Waals surface area contributed by atoms with E-state index in [2.05, 4.69) is 46.0 Å². The number of halogens is 2. The fourth-order valence-electron chi connectivity index (χ4n) is 4.00. The Kier molecular flexibility index (Phi) is 8.17. The van der Waals surface area contributed by atoms with Crippen molar-refractivity contribution in [2.75, 3.05) is 0 Å². The number of nitrogens with one attached hydrogen (secondary N) is 2. The molecule has 0 aliphatic heterocycles. The number of carbonyl (C=O) groups is 1. The molecule has 0 unspecified atom stereocenters. The summed E-state index contributed by atoms with van der Waals surface area (Å²) in [5.41, 5.74) is 3.09. The maximum absolute atomic E-state index is 12.5. The molecule has 1 saturated carbocycles. The average molecular weight is 504 g/mol. The second-order valence-electron chi connectivity index (χ2n) is 8.27. The van der Waals surface area contributed by atoms with Crippen LogP contribution in [0.3, 0.4) is 0 Å². The van der Waals surface area contributed by atoms with Crippen molar-refractivity contribution < 1.29 is 4.79 Å². The predicted octanol–water partition coefficient (Wildman–Crippen LogP) is 6.31. The zero-order valence-electron chi connectivity index (χ0n) is 18.5. The van der Waals surface area contributed by atoms with Crippen LogP contribution in [0.4, 0.5) is 4.79 Å². The minimum atomic E-state index is -0.192. The normalized spacial score (nSPS) is 14.3. The van der Waals surface area contributed by atoms with Gasteiger partial charge in [0, 0.05) is 16.8 Å². The molecule has 3 aromatic rings. The molecule has 6 nitrogen and oxygen atoms in total. The molecule has 0 radical (unpaired) electrons. The standard InChI is InChI=1S/C24H27Cl2N5OS/c1-16-6-5-7-17(12-16)15-33-24-30-29-22(31(24)21-13-18(25)10-11-20(21)26)14-27-23(32)28-19-8-3-2-4-9-19/h5-7,10-13,19H,2-4,8-9,14-15H2,1H3,(H2,27,28,32). The van der Waals surface area contributed by atoms with Gasteiger partial charge >= 0.3 is 6.03 Å². The van der Waals surface area contributed by atoms with Gasteiger partial charge in [-0.15, -0.1) is 10.2 Å². The summed E-state index contributed by atoms with van der Waals surface area (Å²) in [7, 11) is 0. The van der Waals surface area contributed by atoms with E-state index in [0.717, 1.165) is 31.4 Å². The highest BCUT2D eigenvalue weighted by atomic mass is 35.5. The van der Waals surface area contributed by atoms with Crippen molar-refractivity contribution in [1.29, 1.82) is 0 Å². The van der Waals surface area contributed by atoms with Gasteiger partial charge in [0.2, 0.25) is 0 Å². The smallest absolute Gasteiger partial charge is 0.315 e. The van der Waals surface area contributed by atoms with Crippen LogP contribution in [0.15, 0.2) is 47.6 Å². The van der Waals surface area contributed by atoms with Gasteiger partial charge in [-0.3, -0.25) is 4.57 Å². The molecule has 0 atom stereocenters. The van der Waals surface area contributed by atoms with Gasteiger partial charge < -0.3 is 10.6 Å². The van der Waals surface area contributed by atoms with Crippen molar-refractivity contribution in [2.24, 2.45) is 0 Å². The lowest BCUT2D eigenvalue weighted by molar-refractivity contribution is 0.232. The molecular formula is C24H27Cl2N5OS. The third-order valence-electron chi connectivity index (χ3n) is 5.65. The molecule has 33 heavy (non-hydrogen) atoms. The van der Waals surface area contributed by atoms with Gasteiger partial charge in [-0.2, -0.15) is 0 Å². The Balaban J connectivity index is 1.53. The molecule has 0 bridgehead atoms. The van der Waals surface area contributed by atoms with E-state index in [1.165, 1.54) is 17.5 Å². The molecule has 4 rings (SSSR count). The van der Waals surface area contributed by atoms with Crippen LogP contribution < -0.4 is 10.6 Å². The average Bonchev–Trinajstić information content (AvgIpc) is 3.21. The molecule has 9 heteroatoms. The zero-order chi connectivity index (χ0) is 23.2. The number of nitrogens with zero attached hydrogens (tertiary/aromatic N) is 3. The number of hydrogen-bond acceptors (Lipinski definition) is 4. The minimum Gasteiger partial charge on any atom is -0.335 e. The van der Waals surface area contributed by atoms with Crippen molar-refractivity contribution in [3.05, 3.63) is 69.5 Å². The number of hydrogen-bond donors (Lipinski definition) is 2. The summed E-state index contributed by atoms with van der Waals surface area (Å²) in [4.78, 5) is 12.5. The Bertz CT molecular complexity index is 1110. The van der Waals surface area contributed by atoms with E-state index in [9.17, 15) is 4.79 Å². The molecule has 2 amide bonds. The van der Waals surface area contributed by atoms with Crippen LogP contribution in [0.25, 0.3) is 5.69 Å². The first kappa shape index (κ1) is 23.9. The van der Waals surface area contributed by atoms with Gasteiger partial charge in [-0.05, 0) is 43.5 Å². The molecule has 2 N–H and O–H groups in total. The largest absolute Gasteiger partial charge is 0.335 e. The second kappa shape index (κ2) is 11.3. The Morgan fingerprint density at radius 3 is 2.73 bits per heavy atom. The van der Waals surface area contributed by atoms with E-state index in [1.807, 2.05) is 10.6 Å². The van der Waals surface area contributed by atoms with Gasteiger partial charge in [0.05, 0.1) is 17.3 Å². The van der Waals surface area contributed by atoms with Crippen molar-refractivity contribution in [3.8, 4) is 5.69 Å². The van der Waals surface area contributed by atoms with Gasteiger partial charge in [-0.1, -0.05) is 84.1 Å². The maximum Gasteiger partial charge on any atom is 0.315 e. The lowest BCUT2D eigenvalue weighted by atomic mass is 9.96. The molecule has 1 aliphatic carbocycles. The highest BCUT2D eigenvalue weighted by molar-refractivity contribution is 7.98. The van der Waals surface area contributed by atoms with E-state index < -0.39 is 0 Å². The van der Waals surface area contributed by atoms with Crippen LogP contribution in [0, 0.1) is 6.92 Å². The molecule has 0 saturated heterocycles. The molecule has 1 heterocycles. The summed E-state index contributed by atoms with van der Waals surface area (Å²) in [6, 6.07) is 13.7. The van der Waals surface area contributed by atoms with Crippen LogP contribution >= 0.6 is 35.0 Å². The van der Waals surface area contributed by atoms with Crippen LogP contribution in [0.5, 0.6) is 0 Å². The summed E-state index contributed by atoms with van der Waals surface area (Å²) in [6.07, 6.45) is 5.62. The van der Waals surface area contributed by atoms with Crippen molar-refractivity contribution >= 4 is 41.0 Å². The van der Waals surface area contributed by atoms with E-state index >= 15 is 0 Å². The van der Waals surface area contributed by atoms with Gasteiger partial charge in [0.15, 0.2) is 11.0 Å². The number of amides is 2. The third-order valence-corrected chi connectivity index (χ3v) is 7.20. The van der Waals surface area contributed by atoms with Crippen LogP contribution in [-0.4, -0.2) is 26.8 Å². The number of urea groups is 1. The maximum atomic E-state index is 12.5. The summed E-state index contributed by atoms with van der Waals surface area (Å²) in [5.74, 6) is 1.32. The van der Waals surface area contributed by atoms with Crippen LogP contribution in [-0.2, 0) is 12.3 Å². The Morgan fingerprint density at radius 1 is 1.12 bits per heavy atom. The first-order valence-electron chi connectivity index (χ1n) is 11.1. The number of aromatic nitrogens is 3. The Morgan fingerprint density at radius 2 is 1.94 bits per heavy atom. The lowest BCUT2D eigenvalue weighted by Crippen LogP contribution is -2.42. The fourth-order valence-corrected chi connectivity index (χ4v) is 5.28. The molecule has 2 aromatic carbocycles. The molecule has 174 valence electrons. The van der Waals surface area contributed by atoms with Crippen LogP contribution in [0.2, 0.25) is 10.0 Å². The highest BCUT2D eigenvalue weighted by Gasteiger charge is 2.19. The Hall–Kier alpha value is -2.22. The predicted molar refractivity (Wildman–Crippen MR) is 134 cm³/mol. The zero-order valence-corrected chi connectivity index (χ0v) is 20.8. The van der Waals surface area contributed by atoms with E-state index in [0.29, 0.717) is 26.7 Å². The summed E-state index contributed by atoms with van der Waals surface area (Å²) in [5, 5.41) is 16.5. The first-order chi connectivity index (χ1) is 16.0. The Labute approximate surface area is 208 Å². The molecule has 1 fully saturated rings. The summed E-state index contributed by atoms with van der Waals surface area (Å²) >= 11 is 14.3. The summed E-state index contributed by atoms with van der Waals surface area (Å²) < 4.78 is 1.87. The number of aryl methyl sites for hydroxylation is 1. The summed E-state index contributed by atoms with van der Waals surface area (Å²) in [6.45, 7) is 2.30. The number of thioether (sulfide) groups is 1. The number of benzene rings is 2. The lowest BCUT2D eigenvalue weighted by Gasteiger charge is -2.22. The third kappa shape index (κ3) is 6.43. The molecule has 1 aromatic heterocycles. The van der Waals surface area contributed by atoms with Gasteiger partial charge in [-0.25, -0.2) is 4.79 Å². The molecule has 0 spiro atoms. The first-order valence-corrected chi connectivity index (χ1v) is 12.9. The van der Waals surface area contributed by atoms with Crippen LogP contribution in [0.1, 0.15) is 49.1 Å². The van der Waals surface area contributed by atoms with E-state index in [4.69, 9.17) is 23.2 Å². The van der Waals surface area contributed by atoms with Gasteiger partial charge in [0.25, 0.3) is 0 Å². The second-order valence-corrected chi connectivity index (χ2v) is 10.1. The number of rotatable bonds is 7. The monoisotopic (exact) mass is 503 g/mol. The van der Waals surface area contributed by atoms with Crippen molar-refractivity contribution in [3.63, 3.8) is 0 Å². The number of carbonyl (C=O) groups excluding carboxylic acids is 1. The topological polar surface area (TPSA) is 71.8 Å². The SMILES string of the molecule is Cc1cccc(CSc2nnc(CNC(=O)NC3CCCCC3)n2-c2cc(Cl)ccc2Cl)c1. The molecular weight excluding hydrogens is 477 g/mol. The quantitative estimate of drug-likeness (QED) is 0.370. The van der Waals surface area contributed by atoms with Gasteiger partial charge in [0.1, 0.15) is 0 Å². The molecule has 1 aliphatic rings. The highest BCUT2D eigenvalue weighted by Crippen LogP contribution is 2.31. The minimum absolute atomic E-state index is 0.192. The van der Waals surface area contributed by atoms with Crippen molar-refractivity contribution in [1.82, 2.24) is 25.4 Å².